The van der Waals surface area contributed by atoms with Crippen LogP contribution in [0.2, 0.25) is 0 Å². The third-order valence-corrected chi connectivity index (χ3v) is 4.69. The number of ether oxygens (including phenoxy) is 1. The van der Waals surface area contributed by atoms with Crippen LogP contribution in [0, 0.1) is 0 Å². The van der Waals surface area contributed by atoms with Crippen LogP contribution in [0.5, 0.6) is 0 Å². The van der Waals surface area contributed by atoms with Crippen LogP contribution >= 0.6 is 0 Å². The van der Waals surface area contributed by atoms with Gasteiger partial charge in [0.2, 0.25) is 0 Å². The Balaban J connectivity index is 1.90. The zero-order valence-corrected chi connectivity index (χ0v) is 12.0. The number of rotatable bonds is 5. The van der Waals surface area contributed by atoms with Crippen molar-refractivity contribution in [1.82, 2.24) is 4.90 Å². The van der Waals surface area contributed by atoms with E-state index >= 15 is 0 Å². The van der Waals surface area contributed by atoms with Crippen LogP contribution in [-0.2, 0) is 4.74 Å². The lowest BCUT2D eigenvalue weighted by Crippen LogP contribution is -2.48. The third kappa shape index (κ3) is 3.60. The Morgan fingerprint density at radius 2 is 2.21 bits per heavy atom. The zero-order valence-electron chi connectivity index (χ0n) is 12.0. The predicted molar refractivity (Wildman–Crippen MR) is 75.4 cm³/mol. The van der Waals surface area contributed by atoms with Crippen molar-refractivity contribution in [3.63, 3.8) is 0 Å². The zero-order chi connectivity index (χ0) is 13.7. The van der Waals surface area contributed by atoms with Crippen molar-refractivity contribution in [2.45, 2.75) is 63.5 Å². The van der Waals surface area contributed by atoms with Gasteiger partial charge < -0.3 is 20.6 Å². The number of hydrogen-bond donors (Lipinski definition) is 2. The Labute approximate surface area is 115 Å². The predicted octanol–water partition coefficient (Wildman–Crippen LogP) is 1.94. The van der Waals surface area contributed by atoms with Crippen molar-refractivity contribution >= 4 is 5.84 Å². The van der Waals surface area contributed by atoms with Gasteiger partial charge in [-0.3, -0.25) is 0 Å². The second kappa shape index (κ2) is 6.57. The van der Waals surface area contributed by atoms with Crippen molar-refractivity contribution in [2.24, 2.45) is 10.9 Å². The van der Waals surface area contributed by atoms with E-state index in [1.165, 1.54) is 25.7 Å². The normalized spacial score (nSPS) is 27.3. The van der Waals surface area contributed by atoms with Gasteiger partial charge in [0.15, 0.2) is 0 Å². The molecule has 1 atom stereocenters. The summed E-state index contributed by atoms with van der Waals surface area (Å²) in [6.07, 6.45) is 7.95. The lowest BCUT2D eigenvalue weighted by atomic mass is 9.88. The highest BCUT2D eigenvalue weighted by molar-refractivity contribution is 5.79. The summed E-state index contributed by atoms with van der Waals surface area (Å²) in [5.74, 6) is 0.320. The lowest BCUT2D eigenvalue weighted by molar-refractivity contribution is -0.101. The number of hydrogen-bond acceptors (Lipinski definition) is 4. The molecule has 5 heteroatoms. The molecule has 110 valence electrons. The van der Waals surface area contributed by atoms with Crippen LogP contribution in [-0.4, -0.2) is 47.3 Å². The summed E-state index contributed by atoms with van der Waals surface area (Å²) in [7, 11) is 0. The standard InChI is InChI=1S/C14H27N3O2/c1-2-17(9-5-13(15)16-18)12-6-10-19-14(11-12)7-3-4-8-14/h12,18H,2-11H2,1H3,(H2,15,16). The van der Waals surface area contributed by atoms with E-state index in [9.17, 15) is 0 Å². The Bertz CT molecular complexity index is 314. The molecule has 19 heavy (non-hydrogen) atoms. The van der Waals surface area contributed by atoms with E-state index in [1.54, 1.807) is 0 Å². The van der Waals surface area contributed by atoms with Crippen LogP contribution in [0.3, 0.4) is 0 Å². The largest absolute Gasteiger partial charge is 0.409 e. The van der Waals surface area contributed by atoms with E-state index in [0.29, 0.717) is 18.3 Å². The van der Waals surface area contributed by atoms with Crippen molar-refractivity contribution in [3.8, 4) is 0 Å². The fourth-order valence-electron chi connectivity index (χ4n) is 3.59. The summed E-state index contributed by atoms with van der Waals surface area (Å²) in [4.78, 5) is 2.46. The van der Waals surface area contributed by atoms with Gasteiger partial charge in [-0.25, -0.2) is 0 Å². The van der Waals surface area contributed by atoms with Gasteiger partial charge in [0.25, 0.3) is 0 Å². The molecule has 0 aromatic rings. The molecule has 1 heterocycles. The average molecular weight is 269 g/mol. The molecule has 3 N–H and O–H groups in total. The summed E-state index contributed by atoms with van der Waals surface area (Å²) >= 11 is 0. The Morgan fingerprint density at radius 3 is 2.84 bits per heavy atom. The summed E-state index contributed by atoms with van der Waals surface area (Å²) in [5, 5.41) is 11.7. The highest BCUT2D eigenvalue weighted by Crippen LogP contribution is 2.41. The molecule has 2 fully saturated rings. The summed E-state index contributed by atoms with van der Waals surface area (Å²) in [5.41, 5.74) is 5.73. The number of amidine groups is 1. The van der Waals surface area contributed by atoms with Gasteiger partial charge in [-0.05, 0) is 32.2 Å². The summed E-state index contributed by atoms with van der Waals surface area (Å²) < 4.78 is 6.08. The molecule has 0 radical (unpaired) electrons. The van der Waals surface area contributed by atoms with Gasteiger partial charge in [0.1, 0.15) is 5.84 Å². The molecule has 2 aliphatic rings. The first-order valence-corrected chi connectivity index (χ1v) is 7.53. The van der Waals surface area contributed by atoms with E-state index in [1.807, 2.05) is 0 Å². The number of oxime groups is 1. The molecule has 1 saturated heterocycles. The minimum Gasteiger partial charge on any atom is -0.409 e. The maximum absolute atomic E-state index is 8.62. The monoisotopic (exact) mass is 269 g/mol. The second-order valence-corrected chi connectivity index (χ2v) is 5.86. The van der Waals surface area contributed by atoms with Crippen LogP contribution < -0.4 is 5.73 Å². The maximum Gasteiger partial charge on any atom is 0.140 e. The van der Waals surface area contributed by atoms with Crippen molar-refractivity contribution in [3.05, 3.63) is 0 Å². The van der Waals surface area contributed by atoms with Crippen molar-refractivity contribution < 1.29 is 9.94 Å². The van der Waals surface area contributed by atoms with Crippen LogP contribution in [0.15, 0.2) is 5.16 Å². The van der Waals surface area contributed by atoms with E-state index in [0.717, 1.165) is 32.5 Å². The summed E-state index contributed by atoms with van der Waals surface area (Å²) in [6, 6.07) is 0.586. The minimum absolute atomic E-state index is 0.160. The SMILES string of the molecule is CCN(CCC(N)=NO)C1CCOC2(CCCC2)C1. The Kier molecular flexibility index (Phi) is 5.05. The van der Waals surface area contributed by atoms with Crippen molar-refractivity contribution in [1.29, 1.82) is 0 Å². The molecule has 0 aromatic carbocycles. The molecule has 2 rings (SSSR count). The molecule has 1 aliphatic carbocycles. The molecular weight excluding hydrogens is 242 g/mol. The molecule has 0 bridgehead atoms. The lowest BCUT2D eigenvalue weighted by Gasteiger charge is -2.42. The van der Waals surface area contributed by atoms with Gasteiger partial charge in [0, 0.05) is 25.6 Å². The van der Waals surface area contributed by atoms with Crippen LogP contribution in [0.25, 0.3) is 0 Å². The fourth-order valence-corrected chi connectivity index (χ4v) is 3.59. The first kappa shape index (κ1) is 14.6. The first-order valence-electron chi connectivity index (χ1n) is 7.53. The third-order valence-electron chi connectivity index (χ3n) is 4.69. The molecule has 5 nitrogen and oxygen atoms in total. The van der Waals surface area contributed by atoms with E-state index in [2.05, 4.69) is 17.0 Å². The molecule has 1 unspecified atom stereocenters. The Morgan fingerprint density at radius 1 is 1.47 bits per heavy atom. The highest BCUT2D eigenvalue weighted by atomic mass is 16.5. The minimum atomic E-state index is 0.160. The smallest absolute Gasteiger partial charge is 0.140 e. The average Bonchev–Trinajstić information content (AvgIpc) is 2.87. The first-order chi connectivity index (χ1) is 9.19. The quantitative estimate of drug-likeness (QED) is 0.346. The molecule has 0 amide bonds. The van der Waals surface area contributed by atoms with Crippen molar-refractivity contribution in [2.75, 3.05) is 19.7 Å². The highest BCUT2D eigenvalue weighted by Gasteiger charge is 2.41. The molecule has 1 saturated carbocycles. The molecule has 1 spiro atoms. The number of nitrogens with zero attached hydrogens (tertiary/aromatic N) is 2. The maximum atomic E-state index is 8.62. The fraction of sp³-hybridized carbons (Fsp3) is 0.929. The topological polar surface area (TPSA) is 71.1 Å². The van der Waals surface area contributed by atoms with Gasteiger partial charge in [-0.15, -0.1) is 0 Å². The number of nitrogens with two attached hydrogens (primary N) is 1. The molecule has 0 aromatic heterocycles. The molecular formula is C14H27N3O2. The van der Waals surface area contributed by atoms with E-state index in [4.69, 9.17) is 15.7 Å². The van der Waals surface area contributed by atoms with Gasteiger partial charge in [-0.1, -0.05) is 24.9 Å². The Hall–Kier alpha value is -0.810. The van der Waals surface area contributed by atoms with E-state index < -0.39 is 0 Å². The van der Waals surface area contributed by atoms with Crippen LogP contribution in [0.4, 0.5) is 0 Å². The summed E-state index contributed by atoms with van der Waals surface area (Å²) in [6.45, 7) is 4.94. The second-order valence-electron chi connectivity index (χ2n) is 5.86. The van der Waals surface area contributed by atoms with Gasteiger partial charge in [-0.2, -0.15) is 0 Å². The van der Waals surface area contributed by atoms with Gasteiger partial charge in [0.05, 0.1) is 5.60 Å². The molecule has 1 aliphatic heterocycles. The van der Waals surface area contributed by atoms with E-state index in [-0.39, 0.29) is 5.60 Å². The van der Waals surface area contributed by atoms with Gasteiger partial charge >= 0.3 is 0 Å². The van der Waals surface area contributed by atoms with Crippen LogP contribution in [0.1, 0.15) is 51.9 Å².